The molecule has 0 bridgehead atoms. The van der Waals surface area contributed by atoms with Crippen molar-refractivity contribution in [3.63, 3.8) is 0 Å². The minimum atomic E-state index is 0.0866. The fourth-order valence-corrected chi connectivity index (χ4v) is 13.5. The SMILES string of the molecule is CCCCCN(C)C1=NC(C)NC(=NC)N1.CCCCCN=C1NC(C)NC(=NC)N1C.CCCCCNC1=NC(N(C)C)=NC(C)N1.CCCCN(C)C1=NC(C)NC(=NC)N1.CCCCN=C1NC(C)NC(=NC)N1C.CCCCNC1=NC(N(C)C)=NC(C)N1.CCCN=C1NC(C)NC(=NC)N1C.CCCNC1=NC(N(C)C)=NC(C)N1.CCN=C1NC(C)NC(=NC)N1C.CCNC1=NC(N(C)C)=NC(C)N1. The van der Waals surface area contributed by atoms with Crippen molar-refractivity contribution < 1.29 is 0 Å². The van der Waals surface area contributed by atoms with Crippen LogP contribution in [0.4, 0.5) is 0 Å². The van der Waals surface area contributed by atoms with Gasteiger partial charge in [0.2, 0.25) is 107 Å². The van der Waals surface area contributed by atoms with Gasteiger partial charge in [-0.25, -0.2) is 30.0 Å². The molecule has 10 rings (SSSR count). The Hall–Kier alpha value is -12.6. The van der Waals surface area contributed by atoms with Gasteiger partial charge < -0.3 is 125 Å². The van der Waals surface area contributed by atoms with Crippen LogP contribution < -0.4 is 106 Å². The normalized spacial score (nSPS) is 23.6. The smallest absolute Gasteiger partial charge is 0.225 e. The number of nitrogens with zero attached hydrogens (tertiary/aromatic N) is 30. The Bertz CT molecular complexity index is 4310. The molecule has 4 fully saturated rings. The van der Waals surface area contributed by atoms with Gasteiger partial charge in [0.25, 0.3) is 0 Å². The van der Waals surface area contributed by atoms with Gasteiger partial charge in [0.15, 0.2) is 11.9 Å². The van der Waals surface area contributed by atoms with E-state index in [1.165, 1.54) is 77.0 Å². The molecule has 10 aliphatic rings. The Kier molecular flexibility index (Phi) is 69.3. The number of rotatable bonds is 27. The van der Waals surface area contributed by atoms with Crippen molar-refractivity contribution in [2.45, 2.75) is 309 Å². The number of unbranched alkanes of at least 4 members (excludes halogenated alkanes) is 9. The predicted octanol–water partition coefficient (Wildman–Crippen LogP) is 4.82. The van der Waals surface area contributed by atoms with Gasteiger partial charge >= 0.3 is 0 Å². The first-order valence-corrected chi connectivity index (χ1v) is 53.2. The highest BCUT2D eigenvalue weighted by Gasteiger charge is 2.28. The highest BCUT2D eigenvalue weighted by molar-refractivity contribution is 6.05. The summed E-state index contributed by atoms with van der Waals surface area (Å²) in [6.07, 6.45) is 21.4. The third-order valence-corrected chi connectivity index (χ3v) is 21.5. The highest BCUT2D eigenvalue weighted by Crippen LogP contribution is 2.09. The van der Waals surface area contributed by atoms with Gasteiger partial charge in [0, 0.05) is 206 Å². The second-order valence-corrected chi connectivity index (χ2v) is 36.6. The number of guanidine groups is 20. The Morgan fingerprint density at radius 3 is 0.844 bits per heavy atom. The summed E-state index contributed by atoms with van der Waals surface area (Å²) in [5.74, 6) is 16.7. The summed E-state index contributed by atoms with van der Waals surface area (Å²) in [4.78, 5) is 106. The molecule has 50 heteroatoms. The van der Waals surface area contributed by atoms with Crippen molar-refractivity contribution in [3.05, 3.63) is 0 Å². The van der Waals surface area contributed by atoms with Crippen LogP contribution in [-0.4, -0.2) is 436 Å². The zero-order chi connectivity index (χ0) is 110. The van der Waals surface area contributed by atoms with Gasteiger partial charge in [0.05, 0.1) is 24.7 Å². The van der Waals surface area contributed by atoms with Gasteiger partial charge in [-0.3, -0.25) is 80.2 Å². The fraction of sp³-hybridized carbons (Fsp3) is 0.794. The molecule has 842 valence electrons. The zero-order valence-corrected chi connectivity index (χ0v) is 98.3. The molecule has 0 radical (unpaired) electrons. The van der Waals surface area contributed by atoms with Crippen molar-refractivity contribution in [3.8, 4) is 0 Å². The molecule has 0 spiro atoms. The van der Waals surface area contributed by atoms with Crippen molar-refractivity contribution in [1.29, 1.82) is 0 Å². The maximum absolute atomic E-state index is 4.56. The molecule has 0 aliphatic carbocycles. The van der Waals surface area contributed by atoms with E-state index in [1.54, 1.807) is 42.3 Å². The lowest BCUT2D eigenvalue weighted by molar-refractivity contribution is 0.454. The lowest BCUT2D eigenvalue weighted by atomic mass is 10.2. The summed E-state index contributed by atoms with van der Waals surface area (Å²) in [6.45, 7) is 50.8. The van der Waals surface area contributed by atoms with E-state index in [4.69, 9.17) is 0 Å². The quantitative estimate of drug-likeness (QED) is 0.0490. The van der Waals surface area contributed by atoms with E-state index >= 15 is 0 Å². The molecule has 0 amide bonds. The molecule has 10 unspecified atom stereocenters. The van der Waals surface area contributed by atoms with Gasteiger partial charge in [0.1, 0.15) is 37.0 Å². The summed E-state index contributed by atoms with van der Waals surface area (Å²) in [5, 5.41) is 64.1. The van der Waals surface area contributed by atoms with Crippen LogP contribution in [0.5, 0.6) is 0 Å². The Morgan fingerprint density at radius 1 is 0.265 bits per heavy atom. The number of aliphatic imine (C=N–C) groups is 20. The van der Waals surface area contributed by atoms with Crippen LogP contribution in [0, 0.1) is 0 Å². The minimum absolute atomic E-state index is 0.0866. The van der Waals surface area contributed by atoms with Crippen molar-refractivity contribution >= 4 is 119 Å². The second-order valence-electron chi connectivity index (χ2n) is 36.6. The zero-order valence-electron chi connectivity index (χ0n) is 98.3. The molecule has 20 N–H and O–H groups in total. The van der Waals surface area contributed by atoms with Crippen LogP contribution in [0.1, 0.15) is 248 Å². The van der Waals surface area contributed by atoms with E-state index in [-0.39, 0.29) is 61.7 Å². The maximum Gasteiger partial charge on any atom is 0.225 e. The second kappa shape index (κ2) is 76.9. The third-order valence-electron chi connectivity index (χ3n) is 21.5. The molecule has 0 aromatic heterocycles. The van der Waals surface area contributed by atoms with Crippen LogP contribution in [0.15, 0.2) is 99.8 Å². The summed E-state index contributed by atoms with van der Waals surface area (Å²) in [7, 11) is 38.1. The molecule has 0 aromatic rings. The fourth-order valence-electron chi connectivity index (χ4n) is 13.5. The average molecular weight is 2070 g/mol. The molecule has 147 heavy (non-hydrogen) atoms. The standard InChI is InChI=1S/3C11H23N5.3C10H21N5.2C9H19N5.2C8H17N5/c1-5-6-7-8-12-10-13-9(2)14-11(15-10)16(3)4;1-5-6-7-8-16(4)11-14-9(2)13-10(12-3)15-11;1-5-6-7-8-13-11-15-9(2)14-10(12-3)16(11)4;1-5-6-7-11-9-12-8(2)13-10(14-9)15(3)4;1-5-6-7-15(4)10-13-8(2)12-9(11-3)14-10;1-5-6-7-12-10-14-8(2)13-9(11-3)15(10)4;1-5-6-10-8-11-7(2)12-9(13-8)14(3)4;1-5-6-11-9-13-7(2)12-8(10-3)14(9)4;1-5-9-7-10-6(2)11-8(12-7)13(3)4;1-5-10-8-12-6(2)11-7(9-3)13(8)4/h2*9H,5-8H2,1-4H3,(H2,12,13,14,15);9H,5-8H2,1-4H3,(H,12,14)(H,13,15);2*8H,5-7H2,1-4H3,(H2,11,12,13,14);8H,5-7H2,1-4H3,(H,11,13)(H,12,14);7H,5-6H2,1-4H3,(H2,10,11,12,13);7H,5-6H2,1-4H3,(H,10,12)(H,11,13);6H,5H2,1-4H3,(H2,9,10,11,12);6H,5H2,1-4H3,(H,9,11)(H,10,12). The van der Waals surface area contributed by atoms with E-state index in [9.17, 15) is 0 Å². The van der Waals surface area contributed by atoms with Crippen LogP contribution in [0.25, 0.3) is 0 Å². The molecular formula is C97H204N50. The first kappa shape index (κ1) is 132. The lowest BCUT2D eigenvalue weighted by Gasteiger charge is -2.34. The first-order chi connectivity index (χ1) is 70.1. The van der Waals surface area contributed by atoms with Crippen molar-refractivity contribution in [2.75, 3.05) is 206 Å². The van der Waals surface area contributed by atoms with E-state index in [1.807, 2.05) is 207 Å². The Labute approximate surface area is 885 Å². The topological polar surface area (TPSA) is 520 Å². The highest BCUT2D eigenvalue weighted by atomic mass is 15.5. The number of hydrogen-bond acceptors (Lipinski definition) is 34. The van der Waals surface area contributed by atoms with E-state index < -0.39 is 0 Å². The van der Waals surface area contributed by atoms with E-state index in [0.29, 0.717) is 0 Å². The molecule has 0 aromatic carbocycles. The summed E-state index contributed by atoms with van der Waals surface area (Å²) < 4.78 is 0. The van der Waals surface area contributed by atoms with Gasteiger partial charge in [-0.1, -0.05) is 113 Å². The predicted molar refractivity (Wildman–Crippen MR) is 627 cm³/mol. The minimum Gasteiger partial charge on any atom is -0.356 e. The molecule has 10 atom stereocenters. The third kappa shape index (κ3) is 55.1. The van der Waals surface area contributed by atoms with E-state index in [0.717, 1.165) is 217 Å². The number of hydrogen-bond donors (Lipinski definition) is 20. The van der Waals surface area contributed by atoms with Gasteiger partial charge in [-0.2, -0.15) is 20.0 Å². The van der Waals surface area contributed by atoms with Gasteiger partial charge in [-0.15, -0.1) is 0 Å². The maximum atomic E-state index is 4.56. The molecule has 0 saturated carbocycles. The summed E-state index contributed by atoms with van der Waals surface area (Å²) in [6, 6.07) is 0. The van der Waals surface area contributed by atoms with Crippen molar-refractivity contribution in [2.24, 2.45) is 99.8 Å². The average Bonchev–Trinajstić information content (AvgIpc) is 0.843. The largest absolute Gasteiger partial charge is 0.356 e. The van der Waals surface area contributed by atoms with Gasteiger partial charge in [-0.05, 0) is 134 Å². The molecule has 50 nitrogen and oxygen atoms in total. The molecular weight excluding hydrogens is 1870 g/mol. The Balaban J connectivity index is 0.000000817. The molecule has 10 heterocycles. The van der Waals surface area contributed by atoms with Crippen molar-refractivity contribution in [1.82, 2.24) is 155 Å². The number of nitrogens with one attached hydrogen (secondary N) is 20. The first-order valence-electron chi connectivity index (χ1n) is 53.2. The summed E-state index contributed by atoms with van der Waals surface area (Å²) in [5.41, 5.74) is 0. The van der Waals surface area contributed by atoms with Crippen LogP contribution in [0.2, 0.25) is 0 Å². The lowest BCUT2D eigenvalue weighted by Crippen LogP contribution is -2.62. The van der Waals surface area contributed by atoms with Crippen LogP contribution >= 0.6 is 0 Å². The molecule has 4 saturated heterocycles. The summed E-state index contributed by atoms with van der Waals surface area (Å²) >= 11 is 0. The van der Waals surface area contributed by atoms with Crippen LogP contribution in [0.3, 0.4) is 0 Å². The monoisotopic (exact) mass is 2070 g/mol. The molecule has 10 aliphatic heterocycles. The van der Waals surface area contributed by atoms with Crippen LogP contribution in [-0.2, 0) is 0 Å². The van der Waals surface area contributed by atoms with E-state index in [2.05, 4.69) is 285 Å². The Morgan fingerprint density at radius 2 is 0.544 bits per heavy atom.